The van der Waals surface area contributed by atoms with Gasteiger partial charge in [0, 0.05) is 16.9 Å². The van der Waals surface area contributed by atoms with Crippen molar-refractivity contribution in [3.8, 4) is 0 Å². The maximum atomic E-state index is 12.9. The van der Waals surface area contributed by atoms with Crippen LogP contribution in [-0.2, 0) is 9.53 Å². The first-order chi connectivity index (χ1) is 11.7. The van der Waals surface area contributed by atoms with E-state index in [4.69, 9.17) is 4.74 Å². The summed E-state index contributed by atoms with van der Waals surface area (Å²) in [6.07, 6.45) is -1.77. The van der Waals surface area contributed by atoms with E-state index in [1.54, 1.807) is 20.8 Å². The Labute approximate surface area is 145 Å². The molecule has 1 amide bonds. The molecule has 0 aliphatic rings. The maximum Gasteiger partial charge on any atom is 0.355 e. The number of rotatable bonds is 5. The summed E-state index contributed by atoms with van der Waals surface area (Å²) in [4.78, 5) is 27.3. The molecule has 0 aliphatic carbocycles. The summed E-state index contributed by atoms with van der Waals surface area (Å²) < 4.78 is 18.1. The van der Waals surface area contributed by atoms with Crippen molar-refractivity contribution in [2.75, 3.05) is 5.32 Å². The number of carbonyl (C=O) groups is 2. The van der Waals surface area contributed by atoms with E-state index < -0.39 is 29.9 Å². The zero-order valence-corrected chi connectivity index (χ0v) is 14.5. The first kappa shape index (κ1) is 18.7. The van der Waals surface area contributed by atoms with E-state index in [-0.39, 0.29) is 5.69 Å². The van der Waals surface area contributed by atoms with Crippen molar-refractivity contribution in [2.24, 2.45) is 0 Å². The van der Waals surface area contributed by atoms with E-state index in [0.717, 1.165) is 0 Å². The molecule has 1 aromatic carbocycles. The van der Waals surface area contributed by atoms with Crippen molar-refractivity contribution in [3.05, 3.63) is 52.6 Å². The minimum Gasteiger partial charge on any atom is -0.448 e. The van der Waals surface area contributed by atoms with Crippen LogP contribution in [0.2, 0.25) is 0 Å². The number of aryl methyl sites for hydroxylation is 1. The molecule has 0 radical (unpaired) electrons. The molecule has 0 unspecified atom stereocenters. The lowest BCUT2D eigenvalue weighted by Crippen LogP contribution is -2.30. The highest BCUT2D eigenvalue weighted by Gasteiger charge is 2.24. The van der Waals surface area contributed by atoms with Crippen molar-refractivity contribution in [3.63, 3.8) is 0 Å². The zero-order valence-electron chi connectivity index (χ0n) is 14.5. The Morgan fingerprint density at radius 2 is 1.80 bits per heavy atom. The molecule has 6 nitrogen and oxygen atoms in total. The van der Waals surface area contributed by atoms with Gasteiger partial charge in [-0.05, 0) is 57.5 Å². The molecule has 1 aromatic heterocycles. The molecule has 0 fully saturated rings. The van der Waals surface area contributed by atoms with Gasteiger partial charge in [0.1, 0.15) is 11.5 Å². The number of hydrogen-bond acceptors (Lipinski definition) is 4. The van der Waals surface area contributed by atoms with Crippen molar-refractivity contribution < 1.29 is 23.8 Å². The standard InChI is InChI=1S/C18H21FN2O4/c1-9-15(11(3)22)10(2)20-16(9)18(24)25-12(4)17(23)21-14-7-5-13(19)6-8-14/h5-8,11-12,20,22H,1-4H3,(H,21,23)/t11-,12-/m1/s1. The van der Waals surface area contributed by atoms with Crippen LogP contribution in [0.3, 0.4) is 0 Å². The van der Waals surface area contributed by atoms with Crippen molar-refractivity contribution in [1.82, 2.24) is 4.98 Å². The number of aliphatic hydroxyl groups excluding tert-OH is 1. The van der Waals surface area contributed by atoms with Crippen molar-refractivity contribution in [1.29, 1.82) is 0 Å². The summed E-state index contributed by atoms with van der Waals surface area (Å²) in [6, 6.07) is 5.26. The molecule has 2 atom stereocenters. The number of benzene rings is 1. The fourth-order valence-corrected chi connectivity index (χ4v) is 2.65. The quantitative estimate of drug-likeness (QED) is 0.725. The molecular formula is C18H21FN2O4. The minimum absolute atomic E-state index is 0.204. The third-order valence-electron chi connectivity index (χ3n) is 3.88. The van der Waals surface area contributed by atoms with Gasteiger partial charge in [-0.1, -0.05) is 0 Å². The van der Waals surface area contributed by atoms with Crippen molar-refractivity contribution in [2.45, 2.75) is 39.9 Å². The number of nitrogens with one attached hydrogen (secondary N) is 2. The van der Waals surface area contributed by atoms with Gasteiger partial charge in [-0.2, -0.15) is 0 Å². The van der Waals surface area contributed by atoms with E-state index in [1.807, 2.05) is 0 Å². The van der Waals surface area contributed by atoms with Crippen LogP contribution in [0.1, 0.15) is 47.3 Å². The normalized spacial score (nSPS) is 13.2. The van der Waals surface area contributed by atoms with Crippen molar-refractivity contribution >= 4 is 17.6 Å². The number of hydrogen-bond donors (Lipinski definition) is 3. The molecule has 134 valence electrons. The second kappa shape index (κ2) is 7.48. The van der Waals surface area contributed by atoms with E-state index in [9.17, 15) is 19.1 Å². The molecule has 0 aliphatic heterocycles. The predicted octanol–water partition coefficient (Wildman–Crippen LogP) is 3.01. The predicted molar refractivity (Wildman–Crippen MR) is 90.8 cm³/mol. The lowest BCUT2D eigenvalue weighted by molar-refractivity contribution is -0.123. The first-order valence-corrected chi connectivity index (χ1v) is 7.85. The molecule has 25 heavy (non-hydrogen) atoms. The van der Waals surface area contributed by atoms with Gasteiger partial charge < -0.3 is 20.1 Å². The average molecular weight is 348 g/mol. The van der Waals surface area contributed by atoms with E-state index in [2.05, 4.69) is 10.3 Å². The second-order valence-electron chi connectivity index (χ2n) is 5.88. The molecule has 0 bridgehead atoms. The largest absolute Gasteiger partial charge is 0.448 e. The molecule has 0 spiro atoms. The number of aliphatic hydroxyl groups is 1. The summed E-state index contributed by atoms with van der Waals surface area (Å²) in [7, 11) is 0. The SMILES string of the molecule is Cc1[nH]c(C(=O)O[C@H](C)C(=O)Nc2ccc(F)cc2)c(C)c1[C@@H](C)O. The number of carbonyl (C=O) groups excluding carboxylic acids is 2. The zero-order chi connectivity index (χ0) is 18.7. The Kier molecular flexibility index (Phi) is 5.58. The van der Waals surface area contributed by atoms with Gasteiger partial charge >= 0.3 is 5.97 Å². The summed E-state index contributed by atoms with van der Waals surface area (Å²) >= 11 is 0. The third kappa shape index (κ3) is 4.24. The summed E-state index contributed by atoms with van der Waals surface area (Å²) in [5, 5.41) is 12.3. The molecule has 2 aromatic rings. The van der Waals surface area contributed by atoms with Crippen LogP contribution in [0.15, 0.2) is 24.3 Å². The minimum atomic E-state index is -1.05. The summed E-state index contributed by atoms with van der Waals surface area (Å²) in [5.74, 6) is -1.63. The highest BCUT2D eigenvalue weighted by atomic mass is 19.1. The Morgan fingerprint density at radius 3 is 2.32 bits per heavy atom. The second-order valence-corrected chi connectivity index (χ2v) is 5.88. The Hall–Kier alpha value is -2.67. The van der Waals surface area contributed by atoms with Gasteiger partial charge in [0.15, 0.2) is 6.10 Å². The number of aromatic amines is 1. The molecule has 3 N–H and O–H groups in total. The number of ether oxygens (including phenoxy) is 1. The lowest BCUT2D eigenvalue weighted by atomic mass is 10.1. The smallest absolute Gasteiger partial charge is 0.355 e. The molecule has 7 heteroatoms. The first-order valence-electron chi connectivity index (χ1n) is 7.85. The van der Waals surface area contributed by atoms with Gasteiger partial charge in [-0.15, -0.1) is 0 Å². The fourth-order valence-electron chi connectivity index (χ4n) is 2.65. The Morgan fingerprint density at radius 1 is 1.20 bits per heavy atom. The van der Waals surface area contributed by atoms with E-state index in [1.165, 1.54) is 31.2 Å². The highest BCUT2D eigenvalue weighted by molar-refractivity contribution is 5.97. The average Bonchev–Trinajstić information content (AvgIpc) is 2.84. The number of H-pyrrole nitrogens is 1. The van der Waals surface area contributed by atoms with Gasteiger partial charge in [-0.25, -0.2) is 9.18 Å². The molecule has 0 saturated heterocycles. The van der Waals surface area contributed by atoms with E-state index >= 15 is 0 Å². The van der Waals surface area contributed by atoms with Crippen LogP contribution in [0.5, 0.6) is 0 Å². The topological polar surface area (TPSA) is 91.4 Å². The molecular weight excluding hydrogens is 327 g/mol. The van der Waals surface area contributed by atoms with Gasteiger partial charge in [0.05, 0.1) is 6.10 Å². The third-order valence-corrected chi connectivity index (χ3v) is 3.88. The maximum absolute atomic E-state index is 12.9. The van der Waals surface area contributed by atoms with Gasteiger partial charge in [0.2, 0.25) is 0 Å². The van der Waals surface area contributed by atoms with Crippen LogP contribution in [0.25, 0.3) is 0 Å². The summed E-state index contributed by atoms with van der Waals surface area (Å²) in [5.41, 5.74) is 2.49. The van der Waals surface area contributed by atoms with Crippen LogP contribution in [0, 0.1) is 19.7 Å². The number of amides is 1. The Bertz CT molecular complexity index is 781. The molecule has 2 rings (SSSR count). The molecule has 0 saturated carbocycles. The number of anilines is 1. The summed E-state index contributed by atoms with van der Waals surface area (Å²) in [6.45, 7) is 6.50. The van der Waals surface area contributed by atoms with Gasteiger partial charge in [-0.3, -0.25) is 4.79 Å². The molecule has 1 heterocycles. The van der Waals surface area contributed by atoms with Crippen LogP contribution in [-0.4, -0.2) is 28.1 Å². The highest BCUT2D eigenvalue weighted by Crippen LogP contribution is 2.25. The number of aromatic nitrogens is 1. The van der Waals surface area contributed by atoms with E-state index in [0.29, 0.717) is 22.5 Å². The fraction of sp³-hybridized carbons (Fsp3) is 0.333. The van der Waals surface area contributed by atoms with Crippen LogP contribution < -0.4 is 5.32 Å². The Balaban J connectivity index is 2.06. The lowest BCUT2D eigenvalue weighted by Gasteiger charge is -2.13. The van der Waals surface area contributed by atoms with Crippen LogP contribution in [0.4, 0.5) is 10.1 Å². The van der Waals surface area contributed by atoms with Gasteiger partial charge in [0.25, 0.3) is 5.91 Å². The van der Waals surface area contributed by atoms with Crippen LogP contribution >= 0.6 is 0 Å². The monoisotopic (exact) mass is 348 g/mol. The number of esters is 1. The number of halogens is 1.